The topological polar surface area (TPSA) is 55.4 Å². The van der Waals surface area contributed by atoms with Crippen LogP contribution in [0.5, 0.6) is 5.75 Å². The highest BCUT2D eigenvalue weighted by atomic mass is 16.5. The number of anilines is 1. The molecule has 1 amide bonds. The lowest BCUT2D eigenvalue weighted by molar-refractivity contribution is -0.118. The van der Waals surface area contributed by atoms with Crippen molar-refractivity contribution in [2.24, 2.45) is 0 Å². The van der Waals surface area contributed by atoms with Crippen LogP contribution in [0, 0.1) is 0 Å². The Balaban J connectivity index is 1.62. The van der Waals surface area contributed by atoms with Gasteiger partial charge in [-0.05, 0) is 40.6 Å². The van der Waals surface area contributed by atoms with E-state index in [1.54, 1.807) is 24.3 Å². The fourth-order valence-corrected chi connectivity index (χ4v) is 2.89. The summed E-state index contributed by atoms with van der Waals surface area (Å²) in [6.07, 6.45) is 3.37. The highest BCUT2D eigenvalue weighted by molar-refractivity contribution is 6.09. The van der Waals surface area contributed by atoms with Crippen molar-refractivity contribution in [2.75, 3.05) is 11.9 Å². The predicted octanol–water partition coefficient (Wildman–Crippen LogP) is 4.07. The van der Waals surface area contributed by atoms with Crippen LogP contribution in [0.3, 0.4) is 0 Å². The number of allylic oxidation sites excluding steroid dienone is 1. The van der Waals surface area contributed by atoms with Crippen molar-refractivity contribution in [3.8, 4) is 5.75 Å². The average molecular weight is 329 g/mol. The Morgan fingerprint density at radius 3 is 2.80 bits per heavy atom. The molecule has 0 saturated heterocycles. The minimum atomic E-state index is -0.219. The van der Waals surface area contributed by atoms with E-state index in [0.29, 0.717) is 17.0 Å². The molecule has 1 N–H and O–H groups in total. The van der Waals surface area contributed by atoms with Crippen molar-refractivity contribution < 1.29 is 14.3 Å². The first-order valence-electron chi connectivity index (χ1n) is 7.97. The largest absolute Gasteiger partial charge is 0.482 e. The standard InChI is InChI=1S/C21H15NO3/c23-19(16-9-11-20-18(12-16)22-21(24)13-25-20)10-8-15-6-3-5-14-4-1-2-7-17(14)15/h1-12H,13H2,(H,22,24). The van der Waals surface area contributed by atoms with E-state index < -0.39 is 0 Å². The van der Waals surface area contributed by atoms with Crippen molar-refractivity contribution >= 4 is 34.2 Å². The lowest BCUT2D eigenvalue weighted by Gasteiger charge is -2.17. The van der Waals surface area contributed by atoms with E-state index in [-0.39, 0.29) is 18.3 Å². The molecule has 0 spiro atoms. The van der Waals surface area contributed by atoms with Crippen LogP contribution in [0.4, 0.5) is 5.69 Å². The first-order chi connectivity index (χ1) is 12.2. The fraction of sp³-hybridized carbons (Fsp3) is 0.0476. The van der Waals surface area contributed by atoms with Crippen LogP contribution in [0.2, 0.25) is 0 Å². The van der Waals surface area contributed by atoms with Gasteiger partial charge in [0.1, 0.15) is 5.75 Å². The molecule has 0 unspecified atom stereocenters. The van der Waals surface area contributed by atoms with E-state index in [1.807, 2.05) is 48.5 Å². The van der Waals surface area contributed by atoms with Crippen LogP contribution < -0.4 is 10.1 Å². The Labute approximate surface area is 144 Å². The third kappa shape index (κ3) is 3.02. The van der Waals surface area contributed by atoms with E-state index in [4.69, 9.17) is 4.74 Å². The van der Waals surface area contributed by atoms with Gasteiger partial charge in [-0.1, -0.05) is 48.5 Å². The van der Waals surface area contributed by atoms with Gasteiger partial charge in [0.25, 0.3) is 5.91 Å². The zero-order valence-corrected chi connectivity index (χ0v) is 13.4. The minimum Gasteiger partial charge on any atom is -0.482 e. The second-order valence-electron chi connectivity index (χ2n) is 5.81. The third-order valence-corrected chi connectivity index (χ3v) is 4.13. The van der Waals surface area contributed by atoms with Crippen LogP contribution in [-0.4, -0.2) is 18.3 Å². The molecule has 0 saturated carbocycles. The van der Waals surface area contributed by atoms with Crippen LogP contribution >= 0.6 is 0 Å². The van der Waals surface area contributed by atoms with Crippen molar-refractivity contribution in [3.63, 3.8) is 0 Å². The Hall–Kier alpha value is -3.40. The summed E-state index contributed by atoms with van der Waals surface area (Å²) in [6.45, 7) is 0.00127. The number of carbonyl (C=O) groups excluding carboxylic acids is 2. The lowest BCUT2D eigenvalue weighted by atomic mass is 10.0. The molecule has 0 aromatic heterocycles. The normalized spacial score (nSPS) is 13.4. The Morgan fingerprint density at radius 2 is 1.88 bits per heavy atom. The van der Waals surface area contributed by atoms with Crippen molar-refractivity contribution in [3.05, 3.63) is 77.9 Å². The summed E-state index contributed by atoms with van der Waals surface area (Å²) in [4.78, 5) is 23.9. The molecule has 3 aromatic rings. The van der Waals surface area contributed by atoms with Crippen LogP contribution in [0.1, 0.15) is 15.9 Å². The van der Waals surface area contributed by atoms with Gasteiger partial charge in [-0.25, -0.2) is 0 Å². The van der Waals surface area contributed by atoms with Gasteiger partial charge in [0.15, 0.2) is 12.4 Å². The summed E-state index contributed by atoms with van der Waals surface area (Å²) >= 11 is 0. The number of ketones is 1. The number of fused-ring (bicyclic) bond motifs is 2. The van der Waals surface area contributed by atoms with E-state index in [2.05, 4.69) is 5.32 Å². The quantitative estimate of drug-likeness (QED) is 0.582. The van der Waals surface area contributed by atoms with E-state index in [9.17, 15) is 9.59 Å². The molecule has 1 aliphatic rings. The first-order valence-corrected chi connectivity index (χ1v) is 7.97. The van der Waals surface area contributed by atoms with Gasteiger partial charge in [-0.3, -0.25) is 9.59 Å². The number of nitrogens with one attached hydrogen (secondary N) is 1. The summed E-state index contributed by atoms with van der Waals surface area (Å²) in [5, 5.41) is 4.94. The minimum absolute atomic E-state index is 0.00127. The molecule has 25 heavy (non-hydrogen) atoms. The molecule has 1 heterocycles. The Morgan fingerprint density at radius 1 is 1.04 bits per heavy atom. The number of carbonyl (C=O) groups is 2. The maximum absolute atomic E-state index is 12.5. The summed E-state index contributed by atoms with van der Waals surface area (Å²) in [6, 6.07) is 19.1. The second kappa shape index (κ2) is 6.24. The van der Waals surface area contributed by atoms with Gasteiger partial charge < -0.3 is 10.1 Å². The van der Waals surface area contributed by atoms with Crippen LogP contribution in [-0.2, 0) is 4.79 Å². The molecule has 3 aromatic carbocycles. The highest BCUT2D eigenvalue weighted by Crippen LogP contribution is 2.29. The molecule has 0 bridgehead atoms. The summed E-state index contributed by atoms with van der Waals surface area (Å²) in [5.74, 6) is 0.230. The van der Waals surface area contributed by atoms with Gasteiger partial charge in [-0.15, -0.1) is 0 Å². The maximum Gasteiger partial charge on any atom is 0.262 e. The molecule has 0 fully saturated rings. The van der Waals surface area contributed by atoms with E-state index in [0.717, 1.165) is 16.3 Å². The summed E-state index contributed by atoms with van der Waals surface area (Å²) < 4.78 is 5.31. The molecule has 4 rings (SSSR count). The van der Waals surface area contributed by atoms with Crippen molar-refractivity contribution in [1.29, 1.82) is 0 Å². The zero-order chi connectivity index (χ0) is 17.2. The van der Waals surface area contributed by atoms with Gasteiger partial charge in [0, 0.05) is 5.56 Å². The predicted molar refractivity (Wildman–Crippen MR) is 97.9 cm³/mol. The molecule has 4 heteroatoms. The SMILES string of the molecule is O=C1COc2ccc(C(=O)C=Cc3cccc4ccccc34)cc2N1. The van der Waals surface area contributed by atoms with Gasteiger partial charge in [-0.2, -0.15) is 0 Å². The Bertz CT molecular complexity index is 1020. The molecule has 122 valence electrons. The maximum atomic E-state index is 12.5. The highest BCUT2D eigenvalue weighted by Gasteiger charge is 2.17. The van der Waals surface area contributed by atoms with Crippen molar-refractivity contribution in [2.45, 2.75) is 0 Å². The molecule has 0 atom stereocenters. The molecular weight excluding hydrogens is 314 g/mol. The van der Waals surface area contributed by atoms with Crippen LogP contribution in [0.15, 0.2) is 66.7 Å². The molecular formula is C21H15NO3. The number of ether oxygens (including phenoxy) is 1. The van der Waals surface area contributed by atoms with E-state index >= 15 is 0 Å². The summed E-state index contributed by atoms with van der Waals surface area (Å²) in [5.41, 5.74) is 2.02. The molecule has 1 aliphatic heterocycles. The number of amides is 1. The average Bonchev–Trinajstić information content (AvgIpc) is 2.65. The first kappa shape index (κ1) is 15.1. The monoisotopic (exact) mass is 329 g/mol. The fourth-order valence-electron chi connectivity index (χ4n) is 2.89. The number of hydrogen-bond acceptors (Lipinski definition) is 3. The summed E-state index contributed by atoms with van der Waals surface area (Å²) in [7, 11) is 0. The zero-order valence-electron chi connectivity index (χ0n) is 13.4. The number of benzene rings is 3. The molecule has 0 radical (unpaired) electrons. The van der Waals surface area contributed by atoms with Gasteiger partial charge >= 0.3 is 0 Å². The number of hydrogen-bond donors (Lipinski definition) is 1. The third-order valence-electron chi connectivity index (χ3n) is 4.13. The van der Waals surface area contributed by atoms with Gasteiger partial charge in [0.2, 0.25) is 0 Å². The second-order valence-corrected chi connectivity index (χ2v) is 5.81. The lowest BCUT2D eigenvalue weighted by Crippen LogP contribution is -2.25. The van der Waals surface area contributed by atoms with Crippen molar-refractivity contribution in [1.82, 2.24) is 0 Å². The van der Waals surface area contributed by atoms with Gasteiger partial charge in [0.05, 0.1) is 5.69 Å². The smallest absolute Gasteiger partial charge is 0.262 e. The molecule has 0 aliphatic carbocycles. The van der Waals surface area contributed by atoms with E-state index in [1.165, 1.54) is 0 Å². The number of rotatable bonds is 3. The van der Waals surface area contributed by atoms with Crippen LogP contribution in [0.25, 0.3) is 16.8 Å². The Kier molecular flexibility index (Phi) is 3.78. The molecule has 4 nitrogen and oxygen atoms in total.